The fourth-order valence-electron chi connectivity index (χ4n) is 2.16. The highest BCUT2D eigenvalue weighted by atomic mass is 79.9. The first kappa shape index (κ1) is 15.5. The van der Waals surface area contributed by atoms with Crippen molar-refractivity contribution >= 4 is 34.2 Å². The molecule has 100 valence electrons. The molecule has 1 aliphatic rings. The van der Waals surface area contributed by atoms with Crippen LogP contribution in [0.1, 0.15) is 30.5 Å². The summed E-state index contributed by atoms with van der Waals surface area (Å²) in [5.41, 5.74) is 8.06. The summed E-state index contributed by atoms with van der Waals surface area (Å²) in [6.07, 6.45) is 2.01. The largest absolute Gasteiger partial charge is 0.349 e. The fraction of sp³-hybridized carbons (Fsp3) is 0.462. The highest BCUT2D eigenvalue weighted by molar-refractivity contribution is 9.10. The summed E-state index contributed by atoms with van der Waals surface area (Å²) >= 11 is 3.47. The van der Waals surface area contributed by atoms with Crippen molar-refractivity contribution in [3.05, 3.63) is 33.8 Å². The van der Waals surface area contributed by atoms with Crippen LogP contribution < -0.4 is 11.1 Å². The molecule has 0 aromatic heterocycles. The first-order chi connectivity index (χ1) is 8.11. The van der Waals surface area contributed by atoms with Crippen LogP contribution in [0.4, 0.5) is 0 Å². The Balaban J connectivity index is 0.00000162. The Morgan fingerprint density at radius 3 is 3.00 bits per heavy atom. The summed E-state index contributed by atoms with van der Waals surface area (Å²) in [7, 11) is 0. The quantitative estimate of drug-likeness (QED) is 0.893. The molecule has 0 aliphatic heterocycles. The van der Waals surface area contributed by atoms with Gasteiger partial charge in [0.05, 0.1) is 6.04 Å². The molecule has 0 radical (unpaired) electrons. The number of nitrogens with two attached hydrogens (primary N) is 1. The molecule has 2 unspecified atom stereocenters. The van der Waals surface area contributed by atoms with Gasteiger partial charge in [0.25, 0.3) is 0 Å². The lowest BCUT2D eigenvalue weighted by Crippen LogP contribution is -2.35. The third kappa shape index (κ3) is 3.25. The Labute approximate surface area is 122 Å². The van der Waals surface area contributed by atoms with E-state index in [1.165, 1.54) is 11.1 Å². The number of benzene rings is 1. The van der Waals surface area contributed by atoms with Gasteiger partial charge >= 0.3 is 0 Å². The lowest BCUT2D eigenvalue weighted by molar-refractivity contribution is -0.124. The van der Waals surface area contributed by atoms with Gasteiger partial charge in [0.2, 0.25) is 5.91 Å². The van der Waals surface area contributed by atoms with Gasteiger partial charge < -0.3 is 11.1 Å². The van der Waals surface area contributed by atoms with E-state index in [4.69, 9.17) is 5.73 Å². The van der Waals surface area contributed by atoms with Crippen LogP contribution in [0.2, 0.25) is 0 Å². The summed E-state index contributed by atoms with van der Waals surface area (Å²) in [4.78, 5) is 11.8. The Morgan fingerprint density at radius 1 is 1.61 bits per heavy atom. The van der Waals surface area contributed by atoms with E-state index in [0.717, 1.165) is 17.3 Å². The zero-order valence-electron chi connectivity index (χ0n) is 10.3. The van der Waals surface area contributed by atoms with E-state index in [9.17, 15) is 4.79 Å². The molecule has 0 spiro atoms. The van der Waals surface area contributed by atoms with Crippen LogP contribution in [-0.2, 0) is 11.2 Å². The Hall–Kier alpha value is -0.580. The number of amides is 1. The maximum Gasteiger partial charge on any atom is 0.224 e. The molecule has 3 nitrogen and oxygen atoms in total. The van der Waals surface area contributed by atoms with Crippen molar-refractivity contribution in [2.75, 3.05) is 6.54 Å². The molecule has 0 saturated carbocycles. The Morgan fingerprint density at radius 2 is 2.33 bits per heavy atom. The highest BCUT2D eigenvalue weighted by Gasteiger charge is 2.25. The van der Waals surface area contributed by atoms with Crippen molar-refractivity contribution in [1.82, 2.24) is 5.32 Å². The average Bonchev–Trinajstić information content (AvgIpc) is 2.70. The molecule has 2 rings (SSSR count). The summed E-state index contributed by atoms with van der Waals surface area (Å²) in [6.45, 7) is 2.25. The summed E-state index contributed by atoms with van der Waals surface area (Å²) in [5.74, 6) is -0.0669. The smallest absolute Gasteiger partial charge is 0.224 e. The van der Waals surface area contributed by atoms with E-state index in [1.807, 2.05) is 13.0 Å². The zero-order valence-corrected chi connectivity index (χ0v) is 12.7. The van der Waals surface area contributed by atoms with Crippen molar-refractivity contribution in [2.45, 2.75) is 25.8 Å². The second-order valence-electron chi connectivity index (χ2n) is 4.58. The molecule has 0 fully saturated rings. The normalized spacial score (nSPS) is 18.7. The maximum atomic E-state index is 11.8. The van der Waals surface area contributed by atoms with Crippen molar-refractivity contribution < 1.29 is 4.79 Å². The van der Waals surface area contributed by atoms with E-state index < -0.39 is 0 Å². The van der Waals surface area contributed by atoms with E-state index in [-0.39, 0.29) is 30.3 Å². The number of halogens is 2. The number of carbonyl (C=O) groups excluding carboxylic acids is 1. The molecule has 0 heterocycles. The van der Waals surface area contributed by atoms with Crippen molar-refractivity contribution in [2.24, 2.45) is 11.7 Å². The minimum Gasteiger partial charge on any atom is -0.349 e. The average molecular weight is 334 g/mol. The standard InChI is InChI=1S/C13H17BrN2O.ClH/c1-8(7-15)13(17)16-12-5-2-9-6-10(14)3-4-11(9)12;/h3-4,6,8,12H,2,5,7,15H2,1H3,(H,16,17);1H. The topological polar surface area (TPSA) is 55.1 Å². The van der Waals surface area contributed by atoms with Crippen LogP contribution in [0.3, 0.4) is 0 Å². The first-order valence-corrected chi connectivity index (χ1v) is 6.70. The first-order valence-electron chi connectivity index (χ1n) is 5.90. The van der Waals surface area contributed by atoms with Gasteiger partial charge in [0, 0.05) is 16.9 Å². The third-order valence-corrected chi connectivity index (χ3v) is 3.79. The predicted octanol–water partition coefficient (Wildman–Crippen LogP) is 2.57. The molecule has 1 aliphatic carbocycles. The van der Waals surface area contributed by atoms with Gasteiger partial charge in [-0.3, -0.25) is 4.79 Å². The number of nitrogens with one attached hydrogen (secondary N) is 1. The van der Waals surface area contributed by atoms with Gasteiger partial charge in [0.1, 0.15) is 0 Å². The molecule has 18 heavy (non-hydrogen) atoms. The van der Waals surface area contributed by atoms with E-state index in [0.29, 0.717) is 6.54 Å². The summed E-state index contributed by atoms with van der Waals surface area (Å²) in [5, 5.41) is 3.07. The Kier molecular flexibility index (Phi) is 5.63. The zero-order chi connectivity index (χ0) is 12.4. The van der Waals surface area contributed by atoms with Crippen molar-refractivity contribution in [3.8, 4) is 0 Å². The summed E-state index contributed by atoms with van der Waals surface area (Å²) in [6, 6.07) is 6.40. The number of hydrogen-bond acceptors (Lipinski definition) is 2. The van der Waals surface area contributed by atoms with E-state index in [2.05, 4.69) is 33.4 Å². The van der Waals surface area contributed by atoms with Crippen LogP contribution in [-0.4, -0.2) is 12.5 Å². The molecule has 1 aromatic rings. The van der Waals surface area contributed by atoms with Crippen molar-refractivity contribution in [3.63, 3.8) is 0 Å². The molecule has 0 saturated heterocycles. The molecular weight excluding hydrogens is 316 g/mol. The number of carbonyl (C=O) groups is 1. The van der Waals surface area contributed by atoms with Crippen LogP contribution in [0.15, 0.2) is 22.7 Å². The number of rotatable bonds is 3. The molecule has 5 heteroatoms. The number of hydrogen-bond donors (Lipinski definition) is 2. The second-order valence-corrected chi connectivity index (χ2v) is 5.50. The second kappa shape index (κ2) is 6.55. The molecule has 1 amide bonds. The maximum absolute atomic E-state index is 11.8. The lowest BCUT2D eigenvalue weighted by atomic mass is 10.1. The van der Waals surface area contributed by atoms with Gasteiger partial charge in [-0.15, -0.1) is 12.4 Å². The van der Waals surface area contributed by atoms with Crippen molar-refractivity contribution in [1.29, 1.82) is 0 Å². The number of fused-ring (bicyclic) bond motifs is 1. The molecule has 0 bridgehead atoms. The monoisotopic (exact) mass is 332 g/mol. The molecule has 1 aromatic carbocycles. The predicted molar refractivity (Wildman–Crippen MR) is 78.8 cm³/mol. The minimum atomic E-state index is -0.116. The van der Waals surface area contributed by atoms with Gasteiger partial charge in [-0.05, 0) is 36.1 Å². The van der Waals surface area contributed by atoms with Crippen LogP contribution in [0.5, 0.6) is 0 Å². The van der Waals surface area contributed by atoms with Gasteiger partial charge in [-0.25, -0.2) is 0 Å². The SMILES string of the molecule is CC(CN)C(=O)NC1CCc2cc(Br)ccc21.Cl. The van der Waals surface area contributed by atoms with Gasteiger partial charge in [0.15, 0.2) is 0 Å². The van der Waals surface area contributed by atoms with Gasteiger partial charge in [-0.1, -0.05) is 28.9 Å². The number of aryl methyl sites for hydroxylation is 1. The third-order valence-electron chi connectivity index (χ3n) is 3.30. The van der Waals surface area contributed by atoms with Crippen LogP contribution >= 0.6 is 28.3 Å². The van der Waals surface area contributed by atoms with E-state index in [1.54, 1.807) is 0 Å². The lowest BCUT2D eigenvalue weighted by Gasteiger charge is -2.17. The van der Waals surface area contributed by atoms with Crippen LogP contribution in [0.25, 0.3) is 0 Å². The molecule has 3 N–H and O–H groups in total. The van der Waals surface area contributed by atoms with Gasteiger partial charge in [-0.2, -0.15) is 0 Å². The highest BCUT2D eigenvalue weighted by Crippen LogP contribution is 2.32. The molecule has 2 atom stereocenters. The van der Waals surface area contributed by atoms with E-state index >= 15 is 0 Å². The Bertz CT molecular complexity index is 439. The summed E-state index contributed by atoms with van der Waals surface area (Å²) < 4.78 is 1.10. The van der Waals surface area contributed by atoms with Crippen LogP contribution in [0, 0.1) is 5.92 Å². The fourth-order valence-corrected chi connectivity index (χ4v) is 2.57. The molecular formula is C13H18BrClN2O. The minimum absolute atomic E-state index is 0.